The van der Waals surface area contributed by atoms with Crippen LogP contribution in [0.25, 0.3) is 22.2 Å². The summed E-state index contributed by atoms with van der Waals surface area (Å²) in [6.45, 7) is 2.03. The van der Waals surface area contributed by atoms with Crippen LogP contribution in [0.15, 0.2) is 77.6 Å². The number of ether oxygens (including phenoxy) is 1. The van der Waals surface area contributed by atoms with Crippen LogP contribution in [0.3, 0.4) is 0 Å². The molecule has 34 heavy (non-hydrogen) atoms. The smallest absolute Gasteiger partial charge is 0.411 e. The predicted octanol–water partition coefficient (Wildman–Crippen LogP) is 5.61. The van der Waals surface area contributed by atoms with Gasteiger partial charge in [-0.25, -0.2) is 9.78 Å². The van der Waals surface area contributed by atoms with Crippen LogP contribution in [0.4, 0.5) is 4.79 Å². The summed E-state index contributed by atoms with van der Waals surface area (Å²) in [5.74, 6) is 0. The molecule has 0 aliphatic heterocycles. The number of carbonyl (C=O) groups excluding carboxylic acids is 1. The van der Waals surface area contributed by atoms with Crippen molar-refractivity contribution in [2.45, 2.75) is 31.9 Å². The second-order valence-corrected chi connectivity index (χ2v) is 8.70. The van der Waals surface area contributed by atoms with Crippen molar-refractivity contribution >= 4 is 17.1 Å². The highest BCUT2D eigenvalue weighted by Gasteiger charge is 2.34. The van der Waals surface area contributed by atoms with Crippen molar-refractivity contribution in [3.63, 3.8) is 0 Å². The molecule has 0 bridgehead atoms. The lowest BCUT2D eigenvalue weighted by molar-refractivity contribution is 0.0716. The molecule has 0 radical (unpaired) electrons. The van der Waals surface area contributed by atoms with Gasteiger partial charge in [-0.2, -0.15) is 0 Å². The molecule has 5 rings (SSSR count). The maximum Gasteiger partial charge on any atom is 0.411 e. The van der Waals surface area contributed by atoms with E-state index in [1.54, 1.807) is 18.7 Å². The molecule has 6 nitrogen and oxygen atoms in total. The number of rotatable bonds is 5. The topological polar surface area (TPSA) is 64.4 Å². The highest BCUT2D eigenvalue weighted by Crippen LogP contribution is 2.45. The van der Waals surface area contributed by atoms with Crippen molar-refractivity contribution in [1.82, 2.24) is 14.5 Å². The molecule has 4 aromatic rings. The lowest BCUT2D eigenvalue weighted by Crippen LogP contribution is -2.37. The van der Waals surface area contributed by atoms with E-state index >= 15 is 0 Å². The Kier molecular flexibility index (Phi) is 5.65. The number of hydrogen-bond donors (Lipinski definition) is 0. The minimum absolute atomic E-state index is 0.201. The fourth-order valence-corrected chi connectivity index (χ4v) is 4.85. The van der Waals surface area contributed by atoms with Gasteiger partial charge in [-0.15, -0.1) is 0 Å². The van der Waals surface area contributed by atoms with Crippen LogP contribution < -0.4 is 5.56 Å². The number of aryl methyl sites for hydroxylation is 1. The van der Waals surface area contributed by atoms with Crippen LogP contribution in [0.2, 0.25) is 0 Å². The third kappa shape index (κ3) is 3.55. The fourth-order valence-electron chi connectivity index (χ4n) is 4.85. The fraction of sp³-hybridized carbons (Fsp3) is 0.250. The van der Waals surface area contributed by atoms with Crippen molar-refractivity contribution in [2.75, 3.05) is 7.05 Å². The van der Waals surface area contributed by atoms with Crippen molar-refractivity contribution in [3.8, 4) is 11.1 Å². The first-order chi connectivity index (χ1) is 16.5. The van der Waals surface area contributed by atoms with Gasteiger partial charge < -0.3 is 14.2 Å². The summed E-state index contributed by atoms with van der Waals surface area (Å²) in [6, 6.07) is 23.0. The minimum Gasteiger partial charge on any atom is -0.436 e. The van der Waals surface area contributed by atoms with E-state index in [-0.39, 0.29) is 5.56 Å². The number of benzene rings is 3. The average Bonchev–Trinajstić information content (AvgIpc) is 3.18. The number of fused-ring (bicyclic) bond motifs is 4. The van der Waals surface area contributed by atoms with E-state index < -0.39 is 18.2 Å². The van der Waals surface area contributed by atoms with Gasteiger partial charge >= 0.3 is 6.09 Å². The van der Waals surface area contributed by atoms with Crippen molar-refractivity contribution in [3.05, 3.63) is 100.0 Å². The quantitative estimate of drug-likeness (QED) is 0.394. The standard InChI is InChI=1S/C28H27N3O3/c1-4-11-24(25-27(32)30(2)23-17-10-9-16-22(23)29-25)31(3)28(33)34-26-20-14-7-5-12-18(20)19-13-6-8-15-21(19)26/h5-10,12-17,24,26H,4,11H2,1-3H3. The Morgan fingerprint density at radius 2 is 1.59 bits per heavy atom. The molecule has 0 saturated heterocycles. The average molecular weight is 454 g/mol. The van der Waals surface area contributed by atoms with Gasteiger partial charge in [0.05, 0.1) is 17.1 Å². The first-order valence-corrected chi connectivity index (χ1v) is 11.6. The number of nitrogens with zero attached hydrogens (tertiary/aromatic N) is 3. The molecule has 1 unspecified atom stereocenters. The minimum atomic E-state index is -0.493. The molecule has 172 valence electrons. The van der Waals surface area contributed by atoms with Crippen LogP contribution >= 0.6 is 0 Å². The molecule has 1 aliphatic rings. The molecule has 3 aromatic carbocycles. The van der Waals surface area contributed by atoms with E-state index in [4.69, 9.17) is 4.74 Å². The molecule has 1 aliphatic carbocycles. The van der Waals surface area contributed by atoms with Gasteiger partial charge in [-0.1, -0.05) is 74.0 Å². The van der Waals surface area contributed by atoms with Crippen LogP contribution in [-0.4, -0.2) is 27.6 Å². The van der Waals surface area contributed by atoms with Gasteiger partial charge in [-0.3, -0.25) is 4.79 Å². The first-order valence-electron chi connectivity index (χ1n) is 11.6. The predicted molar refractivity (Wildman–Crippen MR) is 133 cm³/mol. The summed E-state index contributed by atoms with van der Waals surface area (Å²) in [6.07, 6.45) is 0.419. The first kappa shape index (κ1) is 21.9. The number of para-hydroxylation sites is 2. The molecule has 6 heteroatoms. The second kappa shape index (κ2) is 8.78. The summed E-state index contributed by atoms with van der Waals surface area (Å²) < 4.78 is 7.68. The van der Waals surface area contributed by atoms with Gasteiger partial charge in [0.1, 0.15) is 5.69 Å². The molecule has 1 amide bonds. The zero-order valence-corrected chi connectivity index (χ0v) is 19.6. The Bertz CT molecular complexity index is 1400. The molecule has 0 spiro atoms. The Morgan fingerprint density at radius 1 is 1.00 bits per heavy atom. The summed E-state index contributed by atoms with van der Waals surface area (Å²) in [5, 5.41) is 0. The monoisotopic (exact) mass is 453 g/mol. The number of aromatic nitrogens is 2. The molecule has 0 N–H and O–H groups in total. The maximum absolute atomic E-state index is 13.4. The summed E-state index contributed by atoms with van der Waals surface area (Å²) in [5.41, 5.74) is 5.73. The number of amides is 1. The molecule has 1 heterocycles. The Balaban J connectivity index is 1.49. The number of carbonyl (C=O) groups is 1. The Morgan fingerprint density at radius 3 is 2.24 bits per heavy atom. The molecule has 1 aromatic heterocycles. The third-order valence-electron chi connectivity index (χ3n) is 6.64. The SMILES string of the molecule is CCCC(c1nc2ccccc2n(C)c1=O)N(C)C(=O)OC1c2ccccc2-c2ccccc21. The third-order valence-corrected chi connectivity index (χ3v) is 6.64. The molecular weight excluding hydrogens is 426 g/mol. The molecular formula is C28H27N3O3. The highest BCUT2D eigenvalue weighted by atomic mass is 16.6. The molecule has 0 fully saturated rings. The van der Waals surface area contributed by atoms with Gasteiger partial charge in [0.2, 0.25) is 0 Å². The van der Waals surface area contributed by atoms with Crippen LogP contribution in [0.1, 0.15) is 48.7 Å². The second-order valence-electron chi connectivity index (χ2n) is 8.70. The van der Waals surface area contributed by atoms with E-state index in [0.717, 1.165) is 39.7 Å². The summed E-state index contributed by atoms with van der Waals surface area (Å²) in [7, 11) is 3.43. The number of hydrogen-bond acceptors (Lipinski definition) is 4. The van der Waals surface area contributed by atoms with Gasteiger partial charge in [0, 0.05) is 25.2 Å². The van der Waals surface area contributed by atoms with E-state index in [9.17, 15) is 9.59 Å². The van der Waals surface area contributed by atoms with Crippen LogP contribution in [-0.2, 0) is 11.8 Å². The Hall–Kier alpha value is -3.93. The zero-order valence-electron chi connectivity index (χ0n) is 19.6. The molecule has 0 saturated carbocycles. The van der Waals surface area contributed by atoms with E-state index in [1.807, 2.05) is 79.7 Å². The van der Waals surface area contributed by atoms with E-state index in [2.05, 4.69) is 4.98 Å². The largest absolute Gasteiger partial charge is 0.436 e. The highest BCUT2D eigenvalue weighted by molar-refractivity contribution is 5.80. The van der Waals surface area contributed by atoms with Crippen molar-refractivity contribution in [2.24, 2.45) is 7.05 Å². The van der Waals surface area contributed by atoms with Gasteiger partial charge in [0.25, 0.3) is 5.56 Å². The zero-order chi connectivity index (χ0) is 23.8. The van der Waals surface area contributed by atoms with Crippen LogP contribution in [0.5, 0.6) is 0 Å². The lowest BCUT2D eigenvalue weighted by atomic mass is 10.1. The maximum atomic E-state index is 13.4. The lowest BCUT2D eigenvalue weighted by Gasteiger charge is -2.28. The summed E-state index contributed by atoms with van der Waals surface area (Å²) in [4.78, 5) is 32.9. The Labute approximate surface area is 198 Å². The van der Waals surface area contributed by atoms with Crippen molar-refractivity contribution in [1.29, 1.82) is 0 Å². The van der Waals surface area contributed by atoms with Gasteiger partial charge in [-0.05, 0) is 29.7 Å². The van der Waals surface area contributed by atoms with Crippen molar-refractivity contribution < 1.29 is 9.53 Å². The summed E-state index contributed by atoms with van der Waals surface area (Å²) >= 11 is 0. The van der Waals surface area contributed by atoms with E-state index in [0.29, 0.717) is 12.1 Å². The molecule has 1 atom stereocenters. The van der Waals surface area contributed by atoms with Crippen LogP contribution in [0, 0.1) is 0 Å². The van der Waals surface area contributed by atoms with E-state index in [1.165, 1.54) is 4.90 Å². The normalized spacial score (nSPS) is 13.4. The van der Waals surface area contributed by atoms with Gasteiger partial charge in [0.15, 0.2) is 6.10 Å².